The number of hydrogen-bond acceptors (Lipinski definition) is 3. The van der Waals surface area contributed by atoms with Gasteiger partial charge in [0.05, 0.1) is 4.87 Å². The molecule has 1 N–H and O–H groups in total. The minimum Gasteiger partial charge on any atom is -0.354 e. The second kappa shape index (κ2) is 5.95. The minimum absolute atomic E-state index is 0.0192. The van der Waals surface area contributed by atoms with E-state index in [1.165, 1.54) is 5.56 Å². The van der Waals surface area contributed by atoms with Crippen LogP contribution in [0.2, 0.25) is 0 Å². The summed E-state index contributed by atoms with van der Waals surface area (Å²) in [5, 5.41) is 3.03. The summed E-state index contributed by atoms with van der Waals surface area (Å²) in [4.78, 5) is 26.2. The van der Waals surface area contributed by atoms with Gasteiger partial charge in [0.1, 0.15) is 6.04 Å². The highest BCUT2D eigenvalue weighted by Gasteiger charge is 2.52. The van der Waals surface area contributed by atoms with Gasteiger partial charge in [0, 0.05) is 18.7 Å². The van der Waals surface area contributed by atoms with Gasteiger partial charge < -0.3 is 10.2 Å². The summed E-state index contributed by atoms with van der Waals surface area (Å²) in [7, 11) is 0. The molecule has 1 aromatic carbocycles. The maximum atomic E-state index is 12.5. The molecule has 118 valence electrons. The molecule has 3 atom stereocenters. The van der Waals surface area contributed by atoms with Gasteiger partial charge in [-0.25, -0.2) is 0 Å². The third-order valence-corrected chi connectivity index (χ3v) is 6.20. The van der Waals surface area contributed by atoms with Gasteiger partial charge in [-0.15, -0.1) is 11.8 Å². The second-order valence-corrected chi connectivity index (χ2v) is 7.82. The smallest absolute Gasteiger partial charge is 0.243 e. The quantitative estimate of drug-likeness (QED) is 0.927. The van der Waals surface area contributed by atoms with Crippen molar-refractivity contribution >= 4 is 23.6 Å². The van der Waals surface area contributed by atoms with Crippen LogP contribution >= 0.6 is 11.8 Å². The fourth-order valence-corrected chi connectivity index (χ4v) is 4.72. The van der Waals surface area contributed by atoms with Gasteiger partial charge in [-0.3, -0.25) is 9.59 Å². The van der Waals surface area contributed by atoms with Crippen molar-refractivity contribution in [3.63, 3.8) is 0 Å². The van der Waals surface area contributed by atoms with Crippen LogP contribution in [0.3, 0.4) is 0 Å². The van der Waals surface area contributed by atoms with Crippen LogP contribution in [0.25, 0.3) is 0 Å². The lowest BCUT2D eigenvalue weighted by Crippen LogP contribution is -2.50. The molecule has 1 aromatic rings. The molecular formula is C17H22N2O2S. The van der Waals surface area contributed by atoms with Crippen molar-refractivity contribution in [3.8, 4) is 0 Å². The fourth-order valence-electron chi connectivity index (χ4n) is 3.29. The Labute approximate surface area is 135 Å². The molecule has 0 bridgehead atoms. The van der Waals surface area contributed by atoms with Gasteiger partial charge in [0.2, 0.25) is 11.8 Å². The molecule has 0 aliphatic carbocycles. The summed E-state index contributed by atoms with van der Waals surface area (Å²) >= 11 is 1.73. The number of hydrogen-bond donors (Lipinski definition) is 1. The van der Waals surface area contributed by atoms with Gasteiger partial charge >= 0.3 is 0 Å². The van der Waals surface area contributed by atoms with Crippen LogP contribution in [0, 0.1) is 0 Å². The Kier molecular flexibility index (Phi) is 4.17. The molecule has 3 rings (SSSR count). The summed E-state index contributed by atoms with van der Waals surface area (Å²) in [6, 6.07) is 9.84. The lowest BCUT2D eigenvalue weighted by molar-refractivity contribution is -0.137. The van der Waals surface area contributed by atoms with Crippen LogP contribution < -0.4 is 5.32 Å². The van der Waals surface area contributed by atoms with Gasteiger partial charge in [0.15, 0.2) is 0 Å². The standard InChI is InChI=1S/C17H22N2O2S/c1-12(13-6-4-3-5-7-13)10-18-16(21)14-11-22-17(2)9-8-15(20)19(14)17/h3-7,12,14H,8-11H2,1-2H3,(H,18,21)/t12-,14+,17+/m1/s1. The van der Waals surface area contributed by atoms with Gasteiger partial charge in [-0.1, -0.05) is 37.3 Å². The highest BCUT2D eigenvalue weighted by atomic mass is 32.2. The lowest BCUT2D eigenvalue weighted by Gasteiger charge is -2.30. The van der Waals surface area contributed by atoms with E-state index in [-0.39, 0.29) is 28.6 Å². The first-order valence-corrected chi connectivity index (χ1v) is 8.78. The van der Waals surface area contributed by atoms with Crippen molar-refractivity contribution < 1.29 is 9.59 Å². The molecular weight excluding hydrogens is 296 g/mol. The van der Waals surface area contributed by atoms with Crippen molar-refractivity contribution in [2.24, 2.45) is 0 Å². The number of carbonyl (C=O) groups is 2. The maximum Gasteiger partial charge on any atom is 0.243 e. The zero-order chi connectivity index (χ0) is 15.7. The number of benzene rings is 1. The monoisotopic (exact) mass is 318 g/mol. The number of amides is 2. The van der Waals surface area contributed by atoms with Crippen LogP contribution in [0.15, 0.2) is 30.3 Å². The first-order valence-electron chi connectivity index (χ1n) is 7.80. The summed E-state index contributed by atoms with van der Waals surface area (Å²) in [5.74, 6) is 1.06. The zero-order valence-corrected chi connectivity index (χ0v) is 13.9. The topological polar surface area (TPSA) is 49.4 Å². The molecule has 0 aromatic heterocycles. The van der Waals surface area contributed by atoms with Crippen molar-refractivity contribution in [1.82, 2.24) is 10.2 Å². The number of thioether (sulfide) groups is 1. The molecule has 22 heavy (non-hydrogen) atoms. The number of carbonyl (C=O) groups excluding carboxylic acids is 2. The largest absolute Gasteiger partial charge is 0.354 e. The first kappa shape index (κ1) is 15.4. The SMILES string of the molecule is C[C@H](CNC(=O)[C@@H]1CS[C@@]2(C)CCC(=O)N12)c1ccccc1. The highest BCUT2D eigenvalue weighted by Crippen LogP contribution is 2.47. The Balaban J connectivity index is 1.60. The minimum atomic E-state index is -0.312. The third kappa shape index (κ3) is 2.74. The zero-order valence-electron chi connectivity index (χ0n) is 13.0. The van der Waals surface area contributed by atoms with Crippen molar-refractivity contribution in [2.45, 2.75) is 43.5 Å². The van der Waals surface area contributed by atoms with E-state index in [0.29, 0.717) is 18.7 Å². The molecule has 0 spiro atoms. The number of rotatable bonds is 4. The van der Waals surface area contributed by atoms with Gasteiger partial charge in [-0.05, 0) is 24.8 Å². The van der Waals surface area contributed by atoms with Crippen LogP contribution in [0.1, 0.15) is 38.2 Å². The van der Waals surface area contributed by atoms with E-state index >= 15 is 0 Å². The summed E-state index contributed by atoms with van der Waals surface area (Å²) in [5.41, 5.74) is 1.21. The van der Waals surface area contributed by atoms with Crippen molar-refractivity contribution in [3.05, 3.63) is 35.9 Å². The summed E-state index contributed by atoms with van der Waals surface area (Å²) in [6.07, 6.45) is 1.41. The predicted molar refractivity (Wildman–Crippen MR) is 88.6 cm³/mol. The number of nitrogens with one attached hydrogen (secondary N) is 1. The van der Waals surface area contributed by atoms with Crippen LogP contribution in [0.5, 0.6) is 0 Å². The molecule has 2 fully saturated rings. The Morgan fingerprint density at radius 1 is 1.45 bits per heavy atom. The number of fused-ring (bicyclic) bond motifs is 1. The molecule has 2 amide bonds. The molecule has 2 saturated heterocycles. The molecule has 0 unspecified atom stereocenters. The van der Waals surface area contributed by atoms with Crippen LogP contribution in [-0.2, 0) is 9.59 Å². The third-order valence-electron chi connectivity index (χ3n) is 4.70. The Bertz CT molecular complexity index is 577. The van der Waals surface area contributed by atoms with E-state index in [0.717, 1.165) is 6.42 Å². The Morgan fingerprint density at radius 3 is 2.91 bits per heavy atom. The van der Waals surface area contributed by atoms with E-state index in [1.54, 1.807) is 16.7 Å². The fraction of sp³-hybridized carbons (Fsp3) is 0.529. The molecule has 0 radical (unpaired) electrons. The maximum absolute atomic E-state index is 12.5. The predicted octanol–water partition coefficient (Wildman–Crippen LogP) is 2.36. The average molecular weight is 318 g/mol. The Hall–Kier alpha value is -1.49. The first-order chi connectivity index (χ1) is 10.5. The van der Waals surface area contributed by atoms with E-state index in [4.69, 9.17) is 0 Å². The van der Waals surface area contributed by atoms with Crippen molar-refractivity contribution in [2.75, 3.05) is 12.3 Å². The highest BCUT2D eigenvalue weighted by molar-refractivity contribution is 8.01. The van der Waals surface area contributed by atoms with Crippen LogP contribution in [0.4, 0.5) is 0 Å². The van der Waals surface area contributed by atoms with E-state index < -0.39 is 0 Å². The Morgan fingerprint density at radius 2 is 2.18 bits per heavy atom. The summed E-state index contributed by atoms with van der Waals surface area (Å²) in [6.45, 7) is 4.77. The van der Waals surface area contributed by atoms with Crippen molar-refractivity contribution in [1.29, 1.82) is 0 Å². The van der Waals surface area contributed by atoms with Gasteiger partial charge in [-0.2, -0.15) is 0 Å². The molecule has 0 saturated carbocycles. The number of nitrogens with zero attached hydrogens (tertiary/aromatic N) is 1. The average Bonchev–Trinajstić information content (AvgIpc) is 3.02. The van der Waals surface area contributed by atoms with Crippen LogP contribution in [-0.4, -0.2) is 39.9 Å². The van der Waals surface area contributed by atoms with E-state index in [9.17, 15) is 9.59 Å². The normalized spacial score (nSPS) is 28.5. The second-order valence-electron chi connectivity index (χ2n) is 6.32. The molecule has 2 aliphatic heterocycles. The molecule has 2 heterocycles. The van der Waals surface area contributed by atoms with E-state index in [2.05, 4.69) is 31.3 Å². The lowest BCUT2D eigenvalue weighted by atomic mass is 10.0. The van der Waals surface area contributed by atoms with E-state index in [1.807, 2.05) is 18.2 Å². The summed E-state index contributed by atoms with van der Waals surface area (Å²) < 4.78 is 0. The molecule has 4 nitrogen and oxygen atoms in total. The van der Waals surface area contributed by atoms with Gasteiger partial charge in [0.25, 0.3) is 0 Å². The molecule has 5 heteroatoms. The molecule has 2 aliphatic rings.